The molecule has 0 aliphatic heterocycles. The lowest BCUT2D eigenvalue weighted by Gasteiger charge is -2.02. The summed E-state index contributed by atoms with van der Waals surface area (Å²) in [5, 5.41) is 19.2. The Hall–Kier alpha value is -2.07. The average molecular weight is 231 g/mol. The molecule has 1 aromatic heterocycles. The van der Waals surface area contributed by atoms with Gasteiger partial charge in [0.05, 0.1) is 0 Å². The van der Waals surface area contributed by atoms with Gasteiger partial charge in [-0.1, -0.05) is 24.3 Å². The Morgan fingerprint density at radius 1 is 1.47 bits per heavy atom. The fraction of sp³-hybridized carbons (Fsp3) is 0.154. The smallest absolute Gasteiger partial charge is 0.337 e. The fourth-order valence-electron chi connectivity index (χ4n) is 1.92. The number of carboxylic acid groups (broad SMARTS) is 1. The Bertz CT molecular complexity index is 571. The van der Waals surface area contributed by atoms with Crippen molar-refractivity contribution < 1.29 is 15.0 Å². The zero-order valence-corrected chi connectivity index (χ0v) is 9.21. The molecule has 1 aromatic carbocycles. The molecule has 4 heteroatoms. The van der Waals surface area contributed by atoms with Crippen LogP contribution in [-0.2, 0) is 11.3 Å². The van der Waals surface area contributed by atoms with Crippen molar-refractivity contribution in [2.45, 2.75) is 12.6 Å². The van der Waals surface area contributed by atoms with Crippen LogP contribution in [0.1, 0.15) is 11.7 Å². The van der Waals surface area contributed by atoms with Crippen molar-refractivity contribution in [3.05, 3.63) is 48.7 Å². The van der Waals surface area contributed by atoms with Crippen LogP contribution in [0.2, 0.25) is 0 Å². The van der Waals surface area contributed by atoms with Crippen molar-refractivity contribution in [3.8, 4) is 0 Å². The maximum absolute atomic E-state index is 10.8. The molecule has 1 atom stereocenters. The van der Waals surface area contributed by atoms with Crippen LogP contribution in [0.25, 0.3) is 10.9 Å². The van der Waals surface area contributed by atoms with Crippen molar-refractivity contribution in [3.63, 3.8) is 0 Å². The summed E-state index contributed by atoms with van der Waals surface area (Å²) in [4.78, 5) is 10.8. The third-order valence-corrected chi connectivity index (χ3v) is 2.67. The van der Waals surface area contributed by atoms with Crippen molar-refractivity contribution in [2.75, 3.05) is 0 Å². The minimum absolute atomic E-state index is 0.412. The van der Waals surface area contributed by atoms with E-state index in [9.17, 15) is 9.90 Å². The Labute approximate surface area is 98.4 Å². The summed E-state index contributed by atoms with van der Waals surface area (Å²) < 4.78 is 1.86. The van der Waals surface area contributed by atoms with Crippen molar-refractivity contribution in [1.82, 2.24) is 4.57 Å². The first-order valence-electron chi connectivity index (χ1n) is 5.24. The van der Waals surface area contributed by atoms with Gasteiger partial charge in [0.25, 0.3) is 0 Å². The number of aromatic nitrogens is 1. The summed E-state index contributed by atoms with van der Waals surface area (Å²) in [6.07, 6.45) is 1.89. The predicted octanol–water partition coefficient (Wildman–Crippen LogP) is 1.95. The van der Waals surface area contributed by atoms with Crippen LogP contribution in [0.15, 0.2) is 43.1 Å². The van der Waals surface area contributed by atoms with Gasteiger partial charge in [-0.2, -0.15) is 0 Å². The number of hydrogen-bond donors (Lipinski definition) is 2. The normalized spacial score (nSPS) is 12.5. The standard InChI is InChI=1S/C13H13NO3/c1-2-7-14-8-10(12(15)13(16)17)9-5-3-4-6-11(9)14/h2-6,8,12,15H,1,7H2,(H,16,17). The molecule has 2 aromatic rings. The molecule has 1 unspecified atom stereocenters. The number of nitrogens with zero attached hydrogens (tertiary/aromatic N) is 1. The molecule has 88 valence electrons. The molecule has 2 N–H and O–H groups in total. The first kappa shape index (κ1) is 11.4. The third-order valence-electron chi connectivity index (χ3n) is 2.67. The average Bonchev–Trinajstić information content (AvgIpc) is 2.68. The summed E-state index contributed by atoms with van der Waals surface area (Å²) in [6, 6.07) is 7.38. The van der Waals surface area contributed by atoms with E-state index in [0.717, 1.165) is 10.9 Å². The molecule has 2 rings (SSSR count). The number of carboxylic acids is 1. The molecule has 0 aliphatic rings. The molecule has 0 radical (unpaired) electrons. The highest BCUT2D eigenvalue weighted by atomic mass is 16.4. The van der Waals surface area contributed by atoms with Crippen LogP contribution in [0.3, 0.4) is 0 Å². The molecule has 0 fully saturated rings. The highest BCUT2D eigenvalue weighted by molar-refractivity contribution is 5.89. The number of fused-ring (bicyclic) bond motifs is 1. The number of aliphatic hydroxyl groups excluding tert-OH is 1. The predicted molar refractivity (Wildman–Crippen MR) is 64.7 cm³/mol. The van der Waals surface area contributed by atoms with Gasteiger partial charge in [-0.15, -0.1) is 6.58 Å². The first-order chi connectivity index (χ1) is 8.15. The topological polar surface area (TPSA) is 62.5 Å². The van der Waals surface area contributed by atoms with Crippen LogP contribution < -0.4 is 0 Å². The SMILES string of the molecule is C=CCn1cc(C(O)C(=O)O)c2ccccc21. The van der Waals surface area contributed by atoms with Gasteiger partial charge in [0.1, 0.15) is 0 Å². The van der Waals surface area contributed by atoms with Gasteiger partial charge < -0.3 is 14.8 Å². The van der Waals surface area contributed by atoms with Gasteiger partial charge in [0.2, 0.25) is 0 Å². The van der Waals surface area contributed by atoms with Crippen molar-refractivity contribution >= 4 is 16.9 Å². The van der Waals surface area contributed by atoms with Crippen LogP contribution in [0, 0.1) is 0 Å². The van der Waals surface area contributed by atoms with E-state index in [-0.39, 0.29) is 0 Å². The summed E-state index contributed by atoms with van der Waals surface area (Å²) in [5.74, 6) is -1.24. The van der Waals surface area contributed by atoms with E-state index in [1.807, 2.05) is 22.8 Å². The molecule has 1 heterocycles. The Morgan fingerprint density at radius 2 is 2.18 bits per heavy atom. The summed E-state index contributed by atoms with van der Waals surface area (Å²) >= 11 is 0. The molecule has 4 nitrogen and oxygen atoms in total. The number of benzene rings is 1. The number of allylic oxidation sites excluding steroid dienone is 1. The van der Waals surface area contributed by atoms with E-state index in [1.54, 1.807) is 18.3 Å². The third kappa shape index (κ3) is 1.94. The largest absolute Gasteiger partial charge is 0.479 e. The molecule has 0 saturated carbocycles. The number of carbonyl (C=O) groups is 1. The summed E-state index contributed by atoms with van der Waals surface area (Å²) in [7, 11) is 0. The lowest BCUT2D eigenvalue weighted by atomic mass is 10.1. The van der Waals surface area contributed by atoms with Crippen LogP contribution in [0.4, 0.5) is 0 Å². The monoisotopic (exact) mass is 231 g/mol. The molecule has 17 heavy (non-hydrogen) atoms. The molecule has 0 spiro atoms. The Balaban J connectivity index is 2.63. The number of aliphatic hydroxyl groups is 1. The van der Waals surface area contributed by atoms with E-state index in [2.05, 4.69) is 6.58 Å². The van der Waals surface area contributed by atoms with Crippen LogP contribution in [-0.4, -0.2) is 20.7 Å². The van der Waals surface area contributed by atoms with E-state index in [1.165, 1.54) is 0 Å². The van der Waals surface area contributed by atoms with Gasteiger partial charge in [-0.25, -0.2) is 4.79 Å². The quantitative estimate of drug-likeness (QED) is 0.790. The second-order valence-corrected chi connectivity index (χ2v) is 3.78. The molecule has 0 aliphatic carbocycles. The Kier molecular flexibility index (Phi) is 2.97. The van der Waals surface area contributed by atoms with Crippen molar-refractivity contribution in [2.24, 2.45) is 0 Å². The highest BCUT2D eigenvalue weighted by Gasteiger charge is 2.20. The van der Waals surface area contributed by atoms with E-state index in [0.29, 0.717) is 12.1 Å². The van der Waals surface area contributed by atoms with E-state index >= 15 is 0 Å². The second kappa shape index (κ2) is 4.43. The zero-order valence-electron chi connectivity index (χ0n) is 9.21. The Morgan fingerprint density at radius 3 is 2.82 bits per heavy atom. The maximum Gasteiger partial charge on any atom is 0.337 e. The number of rotatable bonds is 4. The minimum atomic E-state index is -1.49. The fourth-order valence-corrected chi connectivity index (χ4v) is 1.92. The van der Waals surface area contributed by atoms with E-state index in [4.69, 9.17) is 5.11 Å². The van der Waals surface area contributed by atoms with Gasteiger partial charge >= 0.3 is 5.97 Å². The molecule has 0 amide bonds. The van der Waals surface area contributed by atoms with Gasteiger partial charge in [-0.05, 0) is 6.07 Å². The van der Waals surface area contributed by atoms with Gasteiger partial charge in [-0.3, -0.25) is 0 Å². The molecule has 0 saturated heterocycles. The van der Waals surface area contributed by atoms with E-state index < -0.39 is 12.1 Å². The van der Waals surface area contributed by atoms with Crippen LogP contribution in [0.5, 0.6) is 0 Å². The molecular weight excluding hydrogens is 218 g/mol. The van der Waals surface area contributed by atoms with Crippen molar-refractivity contribution in [1.29, 1.82) is 0 Å². The molecular formula is C13H13NO3. The zero-order chi connectivity index (χ0) is 12.4. The molecule has 0 bridgehead atoms. The van der Waals surface area contributed by atoms with Gasteiger partial charge in [0.15, 0.2) is 6.10 Å². The van der Waals surface area contributed by atoms with Crippen LogP contribution >= 0.6 is 0 Å². The highest BCUT2D eigenvalue weighted by Crippen LogP contribution is 2.26. The number of hydrogen-bond acceptors (Lipinski definition) is 2. The van der Waals surface area contributed by atoms with Gasteiger partial charge in [0, 0.05) is 29.2 Å². The summed E-state index contributed by atoms with van der Waals surface area (Å²) in [6.45, 7) is 4.23. The lowest BCUT2D eigenvalue weighted by molar-refractivity contribution is -0.146. The maximum atomic E-state index is 10.8. The number of para-hydroxylation sites is 1. The second-order valence-electron chi connectivity index (χ2n) is 3.78. The lowest BCUT2D eigenvalue weighted by Crippen LogP contribution is -2.09. The minimum Gasteiger partial charge on any atom is -0.479 e. The summed E-state index contributed by atoms with van der Waals surface area (Å²) in [5.41, 5.74) is 1.30. The number of aliphatic carboxylic acids is 1. The first-order valence-corrected chi connectivity index (χ1v) is 5.24.